The molecule has 3 aromatic rings. The molecule has 4 heterocycles. The van der Waals surface area contributed by atoms with Gasteiger partial charge in [-0.25, -0.2) is 9.97 Å². The normalized spacial score (nSPS) is 24.5. The molecule has 27 heavy (non-hydrogen) atoms. The van der Waals surface area contributed by atoms with Gasteiger partial charge < -0.3 is 9.72 Å². The van der Waals surface area contributed by atoms with Crippen molar-refractivity contribution in [2.24, 2.45) is 0 Å². The number of nitrogens with zero attached hydrogens (tertiary/aromatic N) is 3. The fraction of sp³-hybridized carbons (Fsp3) is 0.524. The second-order valence-corrected chi connectivity index (χ2v) is 9.03. The minimum atomic E-state index is 0.625. The molecule has 142 valence electrons. The van der Waals surface area contributed by atoms with Gasteiger partial charge in [0.2, 0.25) is 0 Å². The van der Waals surface area contributed by atoms with Gasteiger partial charge in [0, 0.05) is 53.5 Å². The molecule has 0 atom stereocenters. The monoisotopic (exact) mass is 382 g/mol. The fourth-order valence-corrected chi connectivity index (χ4v) is 5.41. The maximum absolute atomic E-state index is 5.51. The molecule has 1 saturated carbocycles. The maximum atomic E-state index is 5.51. The number of aromatic nitrogens is 3. The van der Waals surface area contributed by atoms with Crippen molar-refractivity contribution in [3.05, 3.63) is 35.1 Å². The van der Waals surface area contributed by atoms with Crippen LogP contribution in [-0.2, 0) is 4.74 Å². The van der Waals surface area contributed by atoms with Gasteiger partial charge in [-0.05, 0) is 50.2 Å². The van der Waals surface area contributed by atoms with Gasteiger partial charge in [0.1, 0.15) is 10.7 Å². The third-order valence-corrected chi connectivity index (χ3v) is 7.08. The molecule has 1 aliphatic heterocycles. The lowest BCUT2D eigenvalue weighted by Crippen LogP contribution is -2.44. The zero-order valence-corrected chi connectivity index (χ0v) is 16.6. The lowest BCUT2D eigenvalue weighted by molar-refractivity contribution is 0.00729. The molecule has 1 N–H and O–H groups in total. The van der Waals surface area contributed by atoms with Gasteiger partial charge in [0.15, 0.2) is 0 Å². The molecule has 2 fully saturated rings. The Labute approximate surface area is 163 Å². The van der Waals surface area contributed by atoms with Crippen molar-refractivity contribution in [3.63, 3.8) is 0 Å². The van der Waals surface area contributed by atoms with Crippen molar-refractivity contribution in [3.8, 4) is 10.6 Å². The first-order chi connectivity index (χ1) is 13.3. The van der Waals surface area contributed by atoms with E-state index in [9.17, 15) is 0 Å². The Bertz CT molecular complexity index is 919. The van der Waals surface area contributed by atoms with Crippen molar-refractivity contribution < 1.29 is 4.74 Å². The highest BCUT2D eigenvalue weighted by Crippen LogP contribution is 2.37. The molecule has 5 nitrogen and oxygen atoms in total. The zero-order valence-electron chi connectivity index (χ0n) is 15.8. The highest BCUT2D eigenvalue weighted by molar-refractivity contribution is 7.15. The summed E-state index contributed by atoms with van der Waals surface area (Å²) in [6, 6.07) is 3.09. The third-order valence-electron chi connectivity index (χ3n) is 6.13. The van der Waals surface area contributed by atoms with Crippen LogP contribution in [0.25, 0.3) is 21.6 Å². The van der Waals surface area contributed by atoms with E-state index in [-0.39, 0.29) is 0 Å². The maximum Gasteiger partial charge on any atom is 0.137 e. The smallest absolute Gasteiger partial charge is 0.137 e. The summed E-state index contributed by atoms with van der Waals surface area (Å²) < 4.78 is 5.51. The molecule has 1 saturated heterocycles. The Morgan fingerprint density at radius 1 is 1.11 bits per heavy atom. The summed E-state index contributed by atoms with van der Waals surface area (Å²) in [7, 11) is 0. The summed E-state index contributed by atoms with van der Waals surface area (Å²) in [5, 5.41) is 2.28. The summed E-state index contributed by atoms with van der Waals surface area (Å²) in [6.07, 6.45) is 11.2. The van der Waals surface area contributed by atoms with Gasteiger partial charge >= 0.3 is 0 Å². The van der Waals surface area contributed by atoms with Crippen LogP contribution in [-0.4, -0.2) is 52.2 Å². The van der Waals surface area contributed by atoms with E-state index in [0.717, 1.165) is 43.0 Å². The molecular formula is C21H26N4OS. The molecule has 0 bridgehead atoms. The number of rotatable bonds is 3. The molecule has 0 unspecified atom stereocenters. The summed E-state index contributed by atoms with van der Waals surface area (Å²) in [6.45, 7) is 6.10. The summed E-state index contributed by atoms with van der Waals surface area (Å²) >= 11 is 1.74. The number of fused-ring (bicyclic) bond motifs is 1. The topological polar surface area (TPSA) is 54.0 Å². The Kier molecular flexibility index (Phi) is 4.71. The van der Waals surface area contributed by atoms with Gasteiger partial charge in [-0.15, -0.1) is 11.3 Å². The molecule has 5 rings (SSSR count). The summed E-state index contributed by atoms with van der Waals surface area (Å²) in [4.78, 5) is 16.5. The van der Waals surface area contributed by atoms with Crippen LogP contribution in [0.1, 0.15) is 42.0 Å². The quantitative estimate of drug-likeness (QED) is 0.731. The zero-order chi connectivity index (χ0) is 18.2. The van der Waals surface area contributed by atoms with Crippen molar-refractivity contribution in [1.82, 2.24) is 19.9 Å². The Morgan fingerprint density at radius 2 is 1.93 bits per heavy atom. The first-order valence-electron chi connectivity index (χ1n) is 9.99. The molecular weight excluding hydrogens is 356 g/mol. The number of morpholine rings is 1. The van der Waals surface area contributed by atoms with Gasteiger partial charge in [-0.2, -0.15) is 0 Å². The predicted molar refractivity (Wildman–Crippen MR) is 109 cm³/mol. The molecule has 2 aliphatic rings. The van der Waals surface area contributed by atoms with Gasteiger partial charge in [-0.1, -0.05) is 0 Å². The second kappa shape index (κ2) is 7.34. The highest BCUT2D eigenvalue weighted by atomic mass is 32.1. The number of pyridine rings is 1. The van der Waals surface area contributed by atoms with Gasteiger partial charge in [0.05, 0.1) is 13.2 Å². The van der Waals surface area contributed by atoms with Crippen LogP contribution >= 0.6 is 11.3 Å². The standard InChI is InChI=1S/C21H26N4OS/c1-14-11-24-21(27-14)19-13-23-20-18(19)10-16(12-22-20)15-2-4-17(5-3-15)25-6-8-26-9-7-25/h10-13,15,17H,2-9H2,1H3,(H,22,23). The van der Waals surface area contributed by atoms with E-state index in [1.807, 2.05) is 6.20 Å². The lowest BCUT2D eigenvalue weighted by Gasteiger charge is -2.38. The number of nitrogens with one attached hydrogen (secondary N) is 1. The molecule has 3 aromatic heterocycles. The molecule has 0 amide bonds. The first kappa shape index (κ1) is 17.3. The highest BCUT2D eigenvalue weighted by Gasteiger charge is 2.28. The molecule has 6 heteroatoms. The van der Waals surface area contributed by atoms with Crippen LogP contribution in [0.15, 0.2) is 24.7 Å². The van der Waals surface area contributed by atoms with E-state index in [0.29, 0.717) is 5.92 Å². The molecule has 1 aliphatic carbocycles. The minimum Gasteiger partial charge on any atom is -0.379 e. The van der Waals surface area contributed by atoms with E-state index in [2.05, 4.69) is 40.3 Å². The number of hydrogen-bond acceptors (Lipinski definition) is 5. The number of aromatic amines is 1. The first-order valence-corrected chi connectivity index (χ1v) is 10.8. The van der Waals surface area contributed by atoms with Crippen LogP contribution in [0.4, 0.5) is 0 Å². The van der Waals surface area contributed by atoms with E-state index >= 15 is 0 Å². The number of hydrogen-bond donors (Lipinski definition) is 1. The lowest BCUT2D eigenvalue weighted by atomic mass is 9.81. The predicted octanol–water partition coefficient (Wildman–Crippen LogP) is 4.35. The van der Waals surface area contributed by atoms with Crippen LogP contribution in [0.5, 0.6) is 0 Å². The second-order valence-electron chi connectivity index (χ2n) is 7.80. The Morgan fingerprint density at radius 3 is 2.67 bits per heavy atom. The van der Waals surface area contributed by atoms with E-state index in [1.54, 1.807) is 11.3 Å². The van der Waals surface area contributed by atoms with Crippen LogP contribution in [0, 0.1) is 6.92 Å². The van der Waals surface area contributed by atoms with Gasteiger partial charge in [0.25, 0.3) is 0 Å². The molecule has 0 spiro atoms. The van der Waals surface area contributed by atoms with E-state index in [4.69, 9.17) is 9.72 Å². The molecule has 0 aromatic carbocycles. The van der Waals surface area contributed by atoms with Crippen LogP contribution < -0.4 is 0 Å². The van der Waals surface area contributed by atoms with E-state index < -0.39 is 0 Å². The van der Waals surface area contributed by atoms with Crippen molar-refractivity contribution >= 4 is 22.4 Å². The van der Waals surface area contributed by atoms with Crippen LogP contribution in [0.2, 0.25) is 0 Å². The summed E-state index contributed by atoms with van der Waals surface area (Å²) in [5.41, 5.74) is 3.53. The number of thiazole rings is 1. The average molecular weight is 383 g/mol. The summed E-state index contributed by atoms with van der Waals surface area (Å²) in [5.74, 6) is 0.625. The number of aryl methyl sites for hydroxylation is 1. The van der Waals surface area contributed by atoms with E-state index in [1.165, 1.54) is 47.1 Å². The van der Waals surface area contributed by atoms with Crippen molar-refractivity contribution in [1.29, 1.82) is 0 Å². The minimum absolute atomic E-state index is 0.625. The molecule has 0 radical (unpaired) electrons. The van der Waals surface area contributed by atoms with Crippen molar-refractivity contribution in [2.45, 2.75) is 44.6 Å². The SMILES string of the molecule is Cc1cnc(-c2c[nH]c3ncc(C4CCC(N5CCOCC5)CC4)cc23)s1. The van der Waals surface area contributed by atoms with Gasteiger partial charge in [-0.3, -0.25) is 4.90 Å². The van der Waals surface area contributed by atoms with Crippen molar-refractivity contribution in [2.75, 3.05) is 26.3 Å². The number of ether oxygens (including phenoxy) is 1. The average Bonchev–Trinajstić information content (AvgIpc) is 3.34. The third kappa shape index (κ3) is 3.42. The fourth-order valence-electron chi connectivity index (χ4n) is 4.62. The Hall–Kier alpha value is -1.76. The largest absolute Gasteiger partial charge is 0.379 e. The Balaban J connectivity index is 1.35. The number of H-pyrrole nitrogens is 1. The van der Waals surface area contributed by atoms with Crippen LogP contribution in [0.3, 0.4) is 0 Å².